The van der Waals surface area contributed by atoms with Gasteiger partial charge in [0.2, 0.25) is 0 Å². The largest absolute Gasteiger partial charge is 0.497 e. The zero-order valence-corrected chi connectivity index (χ0v) is 18.8. The highest BCUT2D eigenvalue weighted by molar-refractivity contribution is 5.38. The van der Waals surface area contributed by atoms with Crippen LogP contribution in [0.5, 0.6) is 17.2 Å². The van der Waals surface area contributed by atoms with E-state index in [1.165, 1.54) is 11.1 Å². The van der Waals surface area contributed by atoms with E-state index in [2.05, 4.69) is 24.3 Å². The molecule has 0 amide bonds. The van der Waals surface area contributed by atoms with Crippen LogP contribution in [0.4, 0.5) is 0 Å². The van der Waals surface area contributed by atoms with E-state index in [4.69, 9.17) is 19.9 Å². The minimum Gasteiger partial charge on any atom is -0.497 e. The number of ether oxygens (including phenoxy) is 3. The van der Waals surface area contributed by atoms with Gasteiger partial charge in [-0.25, -0.2) is 0 Å². The molecule has 0 saturated carbocycles. The first-order valence-electron chi connectivity index (χ1n) is 11.0. The van der Waals surface area contributed by atoms with E-state index in [0.717, 1.165) is 30.8 Å². The highest BCUT2D eigenvalue weighted by Crippen LogP contribution is 2.32. The number of hydrogen-bond donors (Lipinski definition) is 2. The van der Waals surface area contributed by atoms with E-state index in [9.17, 15) is 5.11 Å². The minimum absolute atomic E-state index is 0.248. The first kappa shape index (κ1) is 23.6. The van der Waals surface area contributed by atoms with Crippen molar-refractivity contribution < 1.29 is 19.3 Å². The first-order chi connectivity index (χ1) is 15.6. The molecule has 1 unspecified atom stereocenters. The summed E-state index contributed by atoms with van der Waals surface area (Å²) in [6, 6.07) is 25.8. The third kappa shape index (κ3) is 6.74. The molecule has 0 saturated heterocycles. The number of para-hydroxylation sites is 1. The molecule has 0 aromatic heterocycles. The van der Waals surface area contributed by atoms with E-state index in [0.29, 0.717) is 12.2 Å². The normalized spacial score (nSPS) is 12.9. The lowest BCUT2D eigenvalue weighted by atomic mass is 9.86. The summed E-state index contributed by atoms with van der Waals surface area (Å²) in [7, 11) is 3.35. The second kappa shape index (κ2) is 12.1. The van der Waals surface area contributed by atoms with Gasteiger partial charge in [-0.2, -0.15) is 0 Å². The summed E-state index contributed by atoms with van der Waals surface area (Å²) in [5.41, 5.74) is 8.51. The van der Waals surface area contributed by atoms with Crippen LogP contribution in [0.3, 0.4) is 0 Å². The molecule has 0 fully saturated rings. The van der Waals surface area contributed by atoms with Crippen molar-refractivity contribution in [2.45, 2.75) is 43.9 Å². The Morgan fingerprint density at radius 2 is 1.19 bits per heavy atom. The molecule has 2 atom stereocenters. The van der Waals surface area contributed by atoms with Crippen molar-refractivity contribution >= 4 is 0 Å². The lowest BCUT2D eigenvalue weighted by Crippen LogP contribution is -2.39. The molecule has 3 N–H and O–H groups in total. The fraction of sp³-hybridized carbons (Fsp3) is 0.333. The Balaban J connectivity index is 1.58. The molecule has 0 heterocycles. The molecule has 3 aromatic rings. The monoisotopic (exact) mass is 435 g/mol. The van der Waals surface area contributed by atoms with Crippen LogP contribution < -0.4 is 19.9 Å². The maximum atomic E-state index is 10.4. The highest BCUT2D eigenvalue weighted by Gasteiger charge is 2.18. The Morgan fingerprint density at radius 1 is 0.688 bits per heavy atom. The molecule has 3 rings (SSSR count). The predicted octanol–water partition coefficient (Wildman–Crippen LogP) is 5.12. The number of benzene rings is 3. The van der Waals surface area contributed by atoms with Gasteiger partial charge in [0.1, 0.15) is 23.4 Å². The van der Waals surface area contributed by atoms with Crippen LogP contribution in [-0.2, 0) is 0 Å². The number of aliphatic hydroxyl groups excluding tert-OH is 1. The number of unbranched alkanes of at least 4 members (excludes halogenated alkanes) is 1. The van der Waals surface area contributed by atoms with Crippen LogP contribution in [0.2, 0.25) is 0 Å². The molecule has 0 aliphatic heterocycles. The minimum atomic E-state index is -0.739. The molecule has 5 nitrogen and oxygen atoms in total. The van der Waals surface area contributed by atoms with Gasteiger partial charge in [-0.3, -0.25) is 5.73 Å². The fourth-order valence-electron chi connectivity index (χ4n) is 3.80. The number of hydrogen-bond acceptors (Lipinski definition) is 5. The van der Waals surface area contributed by atoms with Crippen LogP contribution in [0.1, 0.15) is 42.7 Å². The number of aliphatic hydroxyl groups is 1. The van der Waals surface area contributed by atoms with Gasteiger partial charge in [0.15, 0.2) is 6.23 Å². The Kier molecular flexibility index (Phi) is 8.96. The number of nitrogens with two attached hydrogens (primary N) is 1. The molecule has 0 radical (unpaired) electrons. The van der Waals surface area contributed by atoms with E-state index in [1.807, 2.05) is 54.6 Å². The van der Waals surface area contributed by atoms with Crippen LogP contribution in [-0.4, -0.2) is 31.7 Å². The second-order valence-electron chi connectivity index (χ2n) is 7.85. The Labute approximate surface area is 190 Å². The quantitative estimate of drug-likeness (QED) is 0.305. The third-order valence-corrected chi connectivity index (χ3v) is 5.67. The molecular weight excluding hydrogens is 402 g/mol. The average molecular weight is 436 g/mol. The number of rotatable bonds is 12. The van der Waals surface area contributed by atoms with Gasteiger partial charge in [-0.15, -0.1) is 0 Å². The van der Waals surface area contributed by atoms with E-state index >= 15 is 0 Å². The summed E-state index contributed by atoms with van der Waals surface area (Å²) in [5, 5.41) is 10.4. The molecule has 5 heteroatoms. The van der Waals surface area contributed by atoms with E-state index in [-0.39, 0.29) is 5.92 Å². The molecule has 0 bridgehead atoms. The van der Waals surface area contributed by atoms with Gasteiger partial charge in [-0.05, 0) is 60.4 Å². The number of methoxy groups -OCH3 is 2. The van der Waals surface area contributed by atoms with Crippen molar-refractivity contribution in [1.29, 1.82) is 0 Å². The van der Waals surface area contributed by atoms with Crippen molar-refractivity contribution in [3.8, 4) is 17.2 Å². The molecule has 170 valence electrons. The zero-order chi connectivity index (χ0) is 22.8. The molecule has 0 aliphatic carbocycles. The predicted molar refractivity (Wildman–Crippen MR) is 127 cm³/mol. The van der Waals surface area contributed by atoms with Crippen molar-refractivity contribution in [2.24, 2.45) is 5.73 Å². The van der Waals surface area contributed by atoms with Gasteiger partial charge in [0.25, 0.3) is 0 Å². The van der Waals surface area contributed by atoms with Gasteiger partial charge in [0, 0.05) is 5.92 Å². The van der Waals surface area contributed by atoms with Gasteiger partial charge in [0.05, 0.1) is 14.2 Å². The summed E-state index contributed by atoms with van der Waals surface area (Å²) in [6.07, 6.45) is 1.91. The van der Waals surface area contributed by atoms with Crippen molar-refractivity contribution in [3.63, 3.8) is 0 Å². The van der Waals surface area contributed by atoms with Gasteiger partial charge in [-0.1, -0.05) is 55.3 Å². The third-order valence-electron chi connectivity index (χ3n) is 5.67. The van der Waals surface area contributed by atoms with E-state index in [1.54, 1.807) is 14.2 Å². The smallest absolute Gasteiger partial charge is 0.173 e. The Hall–Kier alpha value is -3.02. The van der Waals surface area contributed by atoms with Gasteiger partial charge >= 0.3 is 0 Å². The summed E-state index contributed by atoms with van der Waals surface area (Å²) < 4.78 is 16.3. The van der Waals surface area contributed by atoms with Crippen molar-refractivity contribution in [3.05, 3.63) is 90.0 Å². The maximum Gasteiger partial charge on any atom is 0.173 e. The summed E-state index contributed by atoms with van der Waals surface area (Å²) >= 11 is 0. The second-order valence-corrected chi connectivity index (χ2v) is 7.85. The lowest BCUT2D eigenvalue weighted by molar-refractivity contribution is 0.0330. The standard InChI is InChI=1S/C27H33NO4/c1-30-22-16-12-20(13-17-22)25(21-14-18-23(31-2)19-15-21)10-6-7-11-26(29)27(28)32-24-8-4-3-5-9-24/h3-5,8-9,12-19,25-27,29H,6-7,10-11,28H2,1-2H3/t26-,27?/m0/s1. The molecule has 0 aliphatic rings. The molecule has 0 spiro atoms. The van der Waals surface area contributed by atoms with Crippen molar-refractivity contribution in [1.82, 2.24) is 0 Å². The Morgan fingerprint density at radius 3 is 1.69 bits per heavy atom. The zero-order valence-electron chi connectivity index (χ0n) is 18.8. The van der Waals surface area contributed by atoms with Crippen LogP contribution in [0.15, 0.2) is 78.9 Å². The molecular formula is C27H33NO4. The molecule has 32 heavy (non-hydrogen) atoms. The van der Waals surface area contributed by atoms with E-state index < -0.39 is 12.3 Å². The van der Waals surface area contributed by atoms with Crippen molar-refractivity contribution in [2.75, 3.05) is 14.2 Å². The SMILES string of the molecule is COc1ccc(C(CCCC[C@H](O)C(N)Oc2ccccc2)c2ccc(OC)cc2)cc1. The summed E-state index contributed by atoms with van der Waals surface area (Å²) in [6.45, 7) is 0. The Bertz CT molecular complexity index is 865. The summed E-state index contributed by atoms with van der Waals surface area (Å²) in [5.74, 6) is 2.60. The lowest BCUT2D eigenvalue weighted by Gasteiger charge is -2.21. The van der Waals surface area contributed by atoms with Crippen LogP contribution >= 0.6 is 0 Å². The first-order valence-corrected chi connectivity index (χ1v) is 11.0. The van der Waals surface area contributed by atoms with Crippen LogP contribution in [0, 0.1) is 0 Å². The fourth-order valence-corrected chi connectivity index (χ4v) is 3.80. The molecule has 3 aromatic carbocycles. The topological polar surface area (TPSA) is 73.9 Å². The average Bonchev–Trinajstić information content (AvgIpc) is 2.85. The maximum absolute atomic E-state index is 10.4. The summed E-state index contributed by atoms with van der Waals surface area (Å²) in [4.78, 5) is 0. The van der Waals surface area contributed by atoms with Gasteiger partial charge < -0.3 is 19.3 Å². The highest BCUT2D eigenvalue weighted by atomic mass is 16.5. The van der Waals surface area contributed by atoms with Crippen LogP contribution in [0.25, 0.3) is 0 Å².